The number of carbonyl (C=O) groups excluding carboxylic acids is 1. The molecule has 4 nitrogen and oxygen atoms in total. The van der Waals surface area contributed by atoms with Gasteiger partial charge in [-0.1, -0.05) is 30.3 Å². The first-order valence-corrected chi connectivity index (χ1v) is 8.71. The first-order valence-electron chi connectivity index (χ1n) is 7.89. The Kier molecular flexibility index (Phi) is 5.33. The molecule has 0 aliphatic rings. The van der Waals surface area contributed by atoms with Crippen LogP contribution in [0.5, 0.6) is 0 Å². The lowest BCUT2D eigenvalue weighted by Crippen LogP contribution is -2.27. The number of hydrogen-bond acceptors (Lipinski definition) is 4. The second kappa shape index (κ2) is 7.84. The molecule has 3 aromatic rings. The molecular formula is C19H19N3OS. The lowest BCUT2D eigenvalue weighted by molar-refractivity contribution is -0.120. The minimum atomic E-state index is 0.0534. The van der Waals surface area contributed by atoms with Crippen molar-refractivity contribution in [2.45, 2.75) is 19.8 Å². The van der Waals surface area contributed by atoms with Crippen molar-refractivity contribution in [1.29, 1.82) is 0 Å². The van der Waals surface area contributed by atoms with Gasteiger partial charge in [-0.3, -0.25) is 9.78 Å². The Labute approximate surface area is 145 Å². The van der Waals surface area contributed by atoms with Crippen LogP contribution in [0.1, 0.15) is 16.1 Å². The first kappa shape index (κ1) is 16.3. The fraction of sp³-hybridized carbons (Fsp3) is 0.211. The van der Waals surface area contributed by atoms with Crippen molar-refractivity contribution in [3.63, 3.8) is 0 Å². The van der Waals surface area contributed by atoms with E-state index < -0.39 is 0 Å². The fourth-order valence-electron chi connectivity index (χ4n) is 2.44. The summed E-state index contributed by atoms with van der Waals surface area (Å²) in [6.07, 6.45) is 4.77. The van der Waals surface area contributed by atoms with Gasteiger partial charge >= 0.3 is 0 Å². The molecule has 0 aliphatic carbocycles. The van der Waals surface area contributed by atoms with Gasteiger partial charge in [-0.25, -0.2) is 4.98 Å². The lowest BCUT2D eigenvalue weighted by Gasteiger charge is -2.04. The van der Waals surface area contributed by atoms with E-state index >= 15 is 0 Å². The van der Waals surface area contributed by atoms with Crippen LogP contribution in [0.25, 0.3) is 10.6 Å². The average Bonchev–Trinajstić information content (AvgIpc) is 2.98. The average molecular weight is 337 g/mol. The highest BCUT2D eigenvalue weighted by molar-refractivity contribution is 7.15. The number of aryl methyl sites for hydroxylation is 1. The number of nitrogens with one attached hydrogen (secondary N) is 1. The van der Waals surface area contributed by atoms with E-state index in [2.05, 4.69) is 15.3 Å². The molecule has 0 atom stereocenters. The van der Waals surface area contributed by atoms with Crippen molar-refractivity contribution in [3.05, 3.63) is 71.0 Å². The standard InChI is InChI=1S/C19H19N3OS/c1-14-17(24-19(22-14)16-7-10-20-11-8-16)9-12-21-18(23)13-15-5-3-2-4-6-15/h2-8,10-11H,9,12-13H2,1H3,(H,21,23). The number of rotatable bonds is 6. The largest absolute Gasteiger partial charge is 0.355 e. The van der Waals surface area contributed by atoms with Crippen molar-refractivity contribution in [1.82, 2.24) is 15.3 Å². The molecule has 0 aliphatic heterocycles. The predicted octanol–water partition coefficient (Wildman–Crippen LogP) is 3.41. The van der Waals surface area contributed by atoms with Gasteiger partial charge in [0.15, 0.2) is 0 Å². The lowest BCUT2D eigenvalue weighted by atomic mass is 10.1. The van der Waals surface area contributed by atoms with Gasteiger partial charge in [-0.2, -0.15) is 0 Å². The van der Waals surface area contributed by atoms with Crippen LogP contribution in [0.3, 0.4) is 0 Å². The van der Waals surface area contributed by atoms with Crippen LogP contribution in [0.2, 0.25) is 0 Å². The third kappa shape index (κ3) is 4.26. The highest BCUT2D eigenvalue weighted by Crippen LogP contribution is 2.27. The van der Waals surface area contributed by atoms with Gasteiger partial charge < -0.3 is 5.32 Å². The van der Waals surface area contributed by atoms with E-state index in [9.17, 15) is 4.79 Å². The minimum Gasteiger partial charge on any atom is -0.355 e. The van der Waals surface area contributed by atoms with E-state index in [-0.39, 0.29) is 5.91 Å². The van der Waals surface area contributed by atoms with Gasteiger partial charge in [0.2, 0.25) is 5.91 Å². The van der Waals surface area contributed by atoms with E-state index in [4.69, 9.17) is 0 Å². The SMILES string of the molecule is Cc1nc(-c2ccncc2)sc1CCNC(=O)Cc1ccccc1. The van der Waals surface area contributed by atoms with Gasteiger partial charge in [-0.05, 0) is 24.6 Å². The fourth-order valence-corrected chi connectivity index (χ4v) is 3.50. The monoisotopic (exact) mass is 337 g/mol. The summed E-state index contributed by atoms with van der Waals surface area (Å²) in [5, 5.41) is 3.99. The van der Waals surface area contributed by atoms with Crippen molar-refractivity contribution >= 4 is 17.2 Å². The zero-order valence-corrected chi connectivity index (χ0v) is 14.3. The Bertz CT molecular complexity index is 800. The zero-order valence-electron chi connectivity index (χ0n) is 13.5. The highest BCUT2D eigenvalue weighted by atomic mass is 32.1. The Morgan fingerprint density at radius 1 is 1.12 bits per heavy atom. The van der Waals surface area contributed by atoms with Crippen molar-refractivity contribution in [2.24, 2.45) is 0 Å². The van der Waals surface area contributed by atoms with E-state index in [1.807, 2.05) is 49.4 Å². The highest BCUT2D eigenvalue weighted by Gasteiger charge is 2.10. The number of nitrogens with zero attached hydrogens (tertiary/aromatic N) is 2. The molecule has 1 aromatic carbocycles. The molecule has 1 amide bonds. The summed E-state index contributed by atoms with van der Waals surface area (Å²) < 4.78 is 0. The number of pyridine rings is 1. The maximum absolute atomic E-state index is 12.0. The molecule has 0 spiro atoms. The van der Waals surface area contributed by atoms with E-state index in [1.54, 1.807) is 23.7 Å². The molecule has 0 fully saturated rings. The quantitative estimate of drug-likeness (QED) is 0.750. The van der Waals surface area contributed by atoms with Crippen LogP contribution in [0.4, 0.5) is 0 Å². The first-order chi connectivity index (χ1) is 11.7. The summed E-state index contributed by atoms with van der Waals surface area (Å²) >= 11 is 1.68. The molecule has 1 N–H and O–H groups in total. The zero-order chi connectivity index (χ0) is 16.8. The molecule has 0 unspecified atom stereocenters. The molecule has 2 heterocycles. The third-order valence-electron chi connectivity index (χ3n) is 3.70. The normalized spacial score (nSPS) is 10.5. The Morgan fingerprint density at radius 2 is 1.88 bits per heavy atom. The smallest absolute Gasteiger partial charge is 0.224 e. The van der Waals surface area contributed by atoms with Crippen molar-refractivity contribution < 1.29 is 4.79 Å². The summed E-state index contributed by atoms with van der Waals surface area (Å²) in [5.74, 6) is 0.0534. The topological polar surface area (TPSA) is 54.9 Å². The Balaban J connectivity index is 1.54. The van der Waals surface area contributed by atoms with Crippen LogP contribution in [0, 0.1) is 6.92 Å². The van der Waals surface area contributed by atoms with Crippen LogP contribution >= 0.6 is 11.3 Å². The number of hydrogen-bond donors (Lipinski definition) is 1. The number of aromatic nitrogens is 2. The maximum Gasteiger partial charge on any atom is 0.224 e. The van der Waals surface area contributed by atoms with Gasteiger partial charge in [0.1, 0.15) is 5.01 Å². The summed E-state index contributed by atoms with van der Waals surface area (Å²) in [6, 6.07) is 13.7. The molecule has 122 valence electrons. The van der Waals surface area contributed by atoms with E-state index in [1.165, 1.54) is 4.88 Å². The molecule has 0 saturated heterocycles. The molecule has 0 bridgehead atoms. The van der Waals surface area contributed by atoms with Crippen LogP contribution in [-0.4, -0.2) is 22.4 Å². The van der Waals surface area contributed by atoms with Crippen LogP contribution < -0.4 is 5.32 Å². The maximum atomic E-state index is 12.0. The minimum absolute atomic E-state index is 0.0534. The number of benzene rings is 1. The van der Waals surface area contributed by atoms with E-state index in [0.29, 0.717) is 13.0 Å². The second-order valence-corrected chi connectivity index (χ2v) is 6.61. The number of amides is 1. The van der Waals surface area contributed by atoms with Crippen molar-refractivity contribution in [2.75, 3.05) is 6.54 Å². The number of carbonyl (C=O) groups is 1. The van der Waals surface area contributed by atoms with Gasteiger partial charge in [0.05, 0.1) is 12.1 Å². The summed E-state index contributed by atoms with van der Waals surface area (Å²) in [7, 11) is 0. The van der Waals surface area contributed by atoms with Gasteiger partial charge in [0.25, 0.3) is 0 Å². The Hall–Kier alpha value is -2.53. The van der Waals surface area contributed by atoms with Gasteiger partial charge in [-0.15, -0.1) is 11.3 Å². The molecule has 24 heavy (non-hydrogen) atoms. The molecule has 0 radical (unpaired) electrons. The number of thiazole rings is 1. The molecular weight excluding hydrogens is 318 g/mol. The Morgan fingerprint density at radius 3 is 2.62 bits per heavy atom. The van der Waals surface area contributed by atoms with E-state index in [0.717, 1.165) is 28.2 Å². The second-order valence-electron chi connectivity index (χ2n) is 5.53. The van der Waals surface area contributed by atoms with Crippen molar-refractivity contribution in [3.8, 4) is 10.6 Å². The molecule has 5 heteroatoms. The molecule has 3 rings (SSSR count). The summed E-state index contributed by atoms with van der Waals surface area (Å²) in [4.78, 5) is 21.9. The predicted molar refractivity (Wildman–Crippen MR) is 96.9 cm³/mol. The third-order valence-corrected chi connectivity index (χ3v) is 4.97. The molecule has 0 saturated carbocycles. The van der Waals surface area contributed by atoms with Gasteiger partial charge in [0, 0.05) is 35.8 Å². The summed E-state index contributed by atoms with van der Waals surface area (Å²) in [6.45, 7) is 2.65. The van der Waals surface area contributed by atoms with Crippen LogP contribution in [0.15, 0.2) is 54.9 Å². The summed E-state index contributed by atoms with van der Waals surface area (Å²) in [5.41, 5.74) is 3.14. The molecule has 2 aromatic heterocycles. The van der Waals surface area contributed by atoms with Crippen LogP contribution in [-0.2, 0) is 17.6 Å².